The van der Waals surface area contributed by atoms with E-state index in [1.165, 1.54) is 0 Å². The first-order chi connectivity index (χ1) is 9.99. The lowest BCUT2D eigenvalue weighted by Gasteiger charge is -2.08. The Kier molecular flexibility index (Phi) is 3.39. The zero-order chi connectivity index (χ0) is 15.1. The molecule has 0 radical (unpaired) electrons. The van der Waals surface area contributed by atoms with Gasteiger partial charge in [0.25, 0.3) is 0 Å². The highest BCUT2D eigenvalue weighted by Gasteiger charge is 2.25. The molecule has 0 aliphatic heterocycles. The number of imidazole rings is 1. The number of hydrogen-bond donors (Lipinski definition) is 1. The predicted octanol–water partition coefficient (Wildman–Crippen LogP) is 3.74. The average molecular weight is 295 g/mol. The quantitative estimate of drug-likeness (QED) is 0.858. The number of aromatic nitrogens is 2. The maximum Gasteiger partial charge on any atom is 0.161 e. The zero-order valence-electron chi connectivity index (χ0n) is 11.7. The van der Waals surface area contributed by atoms with Gasteiger partial charge >= 0.3 is 0 Å². The van der Waals surface area contributed by atoms with Gasteiger partial charge in [-0.05, 0) is 18.9 Å². The van der Waals surface area contributed by atoms with Gasteiger partial charge in [-0.1, -0.05) is 12.8 Å². The molecule has 1 fully saturated rings. The second-order valence-corrected chi connectivity index (χ2v) is 5.49. The van der Waals surface area contributed by atoms with Crippen molar-refractivity contribution in [3.05, 3.63) is 35.4 Å². The highest BCUT2D eigenvalue weighted by Crippen LogP contribution is 2.37. The molecule has 1 aliphatic carbocycles. The summed E-state index contributed by atoms with van der Waals surface area (Å²) >= 11 is 0. The van der Waals surface area contributed by atoms with E-state index in [1.807, 2.05) is 0 Å². The molecule has 112 valence electrons. The van der Waals surface area contributed by atoms with Gasteiger partial charge in [0.15, 0.2) is 11.6 Å². The molecule has 0 saturated heterocycles. The van der Waals surface area contributed by atoms with Crippen LogP contribution in [0.3, 0.4) is 0 Å². The van der Waals surface area contributed by atoms with Crippen molar-refractivity contribution in [3.8, 4) is 11.3 Å². The van der Waals surface area contributed by atoms with Crippen LogP contribution in [0.5, 0.6) is 0 Å². The summed E-state index contributed by atoms with van der Waals surface area (Å²) in [5.74, 6) is -1.86. The number of benzene rings is 1. The van der Waals surface area contributed by atoms with Crippen LogP contribution < -0.4 is 5.73 Å². The molecule has 0 bridgehead atoms. The van der Waals surface area contributed by atoms with E-state index in [1.54, 1.807) is 11.6 Å². The summed E-state index contributed by atoms with van der Waals surface area (Å²) in [7, 11) is 1.76. The van der Waals surface area contributed by atoms with Crippen molar-refractivity contribution in [1.82, 2.24) is 9.55 Å². The van der Waals surface area contributed by atoms with Crippen molar-refractivity contribution in [1.29, 1.82) is 0 Å². The van der Waals surface area contributed by atoms with Gasteiger partial charge in [0.05, 0.1) is 0 Å². The summed E-state index contributed by atoms with van der Waals surface area (Å²) in [5.41, 5.74) is 6.05. The molecule has 1 aliphatic rings. The van der Waals surface area contributed by atoms with E-state index in [9.17, 15) is 13.2 Å². The first-order valence-corrected chi connectivity index (χ1v) is 6.96. The summed E-state index contributed by atoms with van der Waals surface area (Å²) in [5, 5.41) is 0. The van der Waals surface area contributed by atoms with Gasteiger partial charge in [0.1, 0.15) is 23.2 Å². The van der Waals surface area contributed by atoms with E-state index in [2.05, 4.69) is 4.98 Å². The number of halogens is 3. The Hall–Kier alpha value is -1.98. The number of nitrogens with two attached hydrogens (primary N) is 1. The third kappa shape index (κ3) is 2.28. The van der Waals surface area contributed by atoms with Crippen LogP contribution in [0.25, 0.3) is 11.3 Å². The maximum atomic E-state index is 13.9. The number of nitrogen functional groups attached to an aromatic ring is 1. The molecule has 1 aromatic heterocycles. The van der Waals surface area contributed by atoms with Gasteiger partial charge in [-0.3, -0.25) is 0 Å². The van der Waals surface area contributed by atoms with Crippen LogP contribution in [0.1, 0.15) is 37.4 Å². The van der Waals surface area contributed by atoms with Gasteiger partial charge in [0.2, 0.25) is 0 Å². The van der Waals surface area contributed by atoms with Crippen molar-refractivity contribution >= 4 is 5.82 Å². The first kappa shape index (κ1) is 14.0. The van der Waals surface area contributed by atoms with Gasteiger partial charge < -0.3 is 10.3 Å². The third-order valence-electron chi connectivity index (χ3n) is 4.16. The van der Waals surface area contributed by atoms with Crippen molar-refractivity contribution in [2.45, 2.75) is 31.6 Å². The molecule has 0 spiro atoms. The lowest BCUT2D eigenvalue weighted by atomic mass is 10.1. The van der Waals surface area contributed by atoms with E-state index in [-0.39, 0.29) is 17.1 Å². The monoisotopic (exact) mass is 295 g/mol. The Morgan fingerprint density at radius 2 is 1.71 bits per heavy atom. The number of hydrogen-bond acceptors (Lipinski definition) is 2. The summed E-state index contributed by atoms with van der Waals surface area (Å²) < 4.78 is 42.0. The Morgan fingerprint density at radius 3 is 2.38 bits per heavy atom. The molecule has 2 N–H and O–H groups in total. The van der Waals surface area contributed by atoms with Crippen molar-refractivity contribution < 1.29 is 13.2 Å². The molecule has 0 unspecified atom stereocenters. The zero-order valence-corrected chi connectivity index (χ0v) is 11.7. The van der Waals surface area contributed by atoms with E-state index < -0.39 is 17.5 Å². The molecule has 6 heteroatoms. The van der Waals surface area contributed by atoms with Crippen molar-refractivity contribution in [2.24, 2.45) is 7.05 Å². The molecule has 1 aromatic carbocycles. The van der Waals surface area contributed by atoms with Gasteiger partial charge in [0, 0.05) is 24.6 Å². The molecule has 3 nitrogen and oxygen atoms in total. The van der Waals surface area contributed by atoms with E-state index in [4.69, 9.17) is 5.73 Å². The molecular formula is C15H16F3N3. The van der Waals surface area contributed by atoms with Gasteiger partial charge in [-0.15, -0.1) is 0 Å². The van der Waals surface area contributed by atoms with Crippen LogP contribution in [-0.2, 0) is 7.05 Å². The summed E-state index contributed by atoms with van der Waals surface area (Å²) in [6.07, 6.45) is 4.30. The minimum absolute atomic E-state index is 0.105. The Morgan fingerprint density at radius 1 is 1.10 bits per heavy atom. The fraction of sp³-hybridized carbons (Fsp3) is 0.400. The van der Waals surface area contributed by atoms with Crippen LogP contribution in [-0.4, -0.2) is 9.55 Å². The predicted molar refractivity (Wildman–Crippen MR) is 74.1 cm³/mol. The minimum Gasteiger partial charge on any atom is -0.383 e. The molecule has 21 heavy (non-hydrogen) atoms. The van der Waals surface area contributed by atoms with Crippen molar-refractivity contribution in [3.63, 3.8) is 0 Å². The third-order valence-corrected chi connectivity index (χ3v) is 4.16. The molecule has 0 amide bonds. The van der Waals surface area contributed by atoms with Crippen LogP contribution in [0, 0.1) is 17.5 Å². The molecule has 1 heterocycles. The van der Waals surface area contributed by atoms with E-state index in [0.29, 0.717) is 12.0 Å². The second kappa shape index (κ2) is 5.09. The highest BCUT2D eigenvalue weighted by atomic mass is 19.2. The van der Waals surface area contributed by atoms with E-state index in [0.717, 1.165) is 37.6 Å². The average Bonchev–Trinajstić information content (AvgIpc) is 3.05. The fourth-order valence-corrected chi connectivity index (χ4v) is 2.98. The smallest absolute Gasteiger partial charge is 0.161 e. The minimum atomic E-state index is -1.22. The lowest BCUT2D eigenvalue weighted by molar-refractivity contribution is 0.496. The van der Waals surface area contributed by atoms with E-state index >= 15 is 0 Å². The first-order valence-electron chi connectivity index (χ1n) is 6.96. The van der Waals surface area contributed by atoms with Crippen LogP contribution in [0.4, 0.5) is 19.0 Å². The summed E-state index contributed by atoms with van der Waals surface area (Å²) in [6.45, 7) is 0. The van der Waals surface area contributed by atoms with Gasteiger partial charge in [-0.2, -0.15) is 0 Å². The SMILES string of the molecule is Cn1c(C2CCCC2)nc(-c2cc(F)c(F)cc2F)c1N. The van der Waals surface area contributed by atoms with Crippen molar-refractivity contribution in [2.75, 3.05) is 5.73 Å². The number of nitrogens with zero attached hydrogens (tertiary/aromatic N) is 2. The standard InChI is InChI=1S/C15H16F3N3/c1-21-14(19)13(20-15(21)8-4-2-3-5-8)9-6-11(17)12(18)7-10(9)16/h6-8H,2-5,19H2,1H3. The largest absolute Gasteiger partial charge is 0.383 e. The summed E-state index contributed by atoms with van der Waals surface area (Å²) in [4.78, 5) is 4.40. The summed E-state index contributed by atoms with van der Waals surface area (Å²) in [6, 6.07) is 1.33. The Bertz CT molecular complexity index is 688. The fourth-order valence-electron chi connectivity index (χ4n) is 2.98. The number of rotatable bonds is 2. The molecule has 1 saturated carbocycles. The van der Waals surface area contributed by atoms with Gasteiger partial charge in [-0.25, -0.2) is 18.2 Å². The highest BCUT2D eigenvalue weighted by molar-refractivity contribution is 5.71. The molecule has 2 aromatic rings. The normalized spacial score (nSPS) is 15.8. The van der Waals surface area contributed by atoms with Crippen LogP contribution in [0.15, 0.2) is 12.1 Å². The molecule has 3 rings (SSSR count). The maximum absolute atomic E-state index is 13.9. The second-order valence-electron chi connectivity index (χ2n) is 5.49. The van der Waals surface area contributed by atoms with Crippen LogP contribution in [0.2, 0.25) is 0 Å². The topological polar surface area (TPSA) is 43.8 Å². The molecular weight excluding hydrogens is 279 g/mol. The number of anilines is 1. The van der Waals surface area contributed by atoms with Crippen LogP contribution >= 0.6 is 0 Å². The molecule has 0 atom stereocenters. The Labute approximate surface area is 120 Å². The lowest BCUT2D eigenvalue weighted by Crippen LogP contribution is -2.05. The Balaban J connectivity index is 2.11.